The van der Waals surface area contributed by atoms with Crippen molar-refractivity contribution in [3.8, 4) is 5.75 Å². The normalized spacial score (nSPS) is 11.1. The molecule has 0 unspecified atom stereocenters. The minimum absolute atomic E-state index is 0.00247. The van der Waals surface area contributed by atoms with Crippen LogP contribution >= 0.6 is 0 Å². The van der Waals surface area contributed by atoms with Crippen molar-refractivity contribution in [3.63, 3.8) is 0 Å². The first kappa shape index (κ1) is 13.5. The molecule has 0 aliphatic carbocycles. The average Bonchev–Trinajstić information content (AvgIpc) is 2.26. The monoisotopic (exact) mass is 236 g/mol. The highest BCUT2D eigenvalue weighted by molar-refractivity contribution is 5.93. The Kier molecular flexibility index (Phi) is 4.12. The molecule has 4 nitrogen and oxygen atoms in total. The first-order valence-electron chi connectivity index (χ1n) is 5.53. The molecule has 0 heterocycles. The van der Waals surface area contributed by atoms with E-state index in [1.165, 1.54) is 0 Å². The van der Waals surface area contributed by atoms with Crippen molar-refractivity contribution in [1.29, 1.82) is 0 Å². The van der Waals surface area contributed by atoms with Crippen LogP contribution in [0.25, 0.3) is 0 Å². The van der Waals surface area contributed by atoms with Crippen LogP contribution in [0.3, 0.4) is 0 Å². The van der Waals surface area contributed by atoms with Crippen LogP contribution in [0.1, 0.15) is 20.3 Å². The van der Waals surface area contributed by atoms with Gasteiger partial charge in [0.2, 0.25) is 5.91 Å². The van der Waals surface area contributed by atoms with E-state index in [1.54, 1.807) is 19.1 Å². The lowest BCUT2D eigenvalue weighted by atomic mass is 10.0. The van der Waals surface area contributed by atoms with E-state index >= 15 is 0 Å². The summed E-state index contributed by atoms with van der Waals surface area (Å²) in [6.07, 6.45) is 0.315. The summed E-state index contributed by atoms with van der Waals surface area (Å²) in [6.45, 7) is 3.68. The number of amides is 1. The van der Waals surface area contributed by atoms with Crippen LogP contribution in [0.5, 0.6) is 5.75 Å². The third kappa shape index (κ3) is 4.07. The molecule has 0 saturated heterocycles. The predicted octanol–water partition coefficient (Wildman–Crippen LogP) is 1.79. The summed E-state index contributed by atoms with van der Waals surface area (Å²) in [4.78, 5) is 13.5. The van der Waals surface area contributed by atoms with Crippen molar-refractivity contribution < 1.29 is 9.53 Å². The zero-order valence-electron chi connectivity index (χ0n) is 10.9. The molecular weight excluding hydrogens is 216 g/mol. The van der Waals surface area contributed by atoms with Gasteiger partial charge in [-0.1, -0.05) is 0 Å². The number of carbonyl (C=O) groups excluding carboxylic acids is 1. The van der Waals surface area contributed by atoms with E-state index in [9.17, 15) is 4.79 Å². The Labute approximate surface area is 102 Å². The maximum atomic E-state index is 11.9. The number of rotatable bonds is 4. The number of methoxy groups -OCH3 is 1. The number of hydrogen-bond donors (Lipinski definition) is 1. The number of ether oxygens (including phenoxy) is 1. The fourth-order valence-corrected chi connectivity index (χ4v) is 1.46. The molecule has 0 bridgehead atoms. The number of hydrogen-bond acceptors (Lipinski definition) is 3. The highest BCUT2D eigenvalue weighted by atomic mass is 16.5. The molecule has 1 aromatic rings. The SMILES string of the molecule is COc1ccc(N(C)C(=O)CC(C)(C)N)cc1. The zero-order valence-corrected chi connectivity index (χ0v) is 10.9. The number of nitrogens with two attached hydrogens (primary N) is 1. The minimum Gasteiger partial charge on any atom is -0.497 e. The summed E-state index contributed by atoms with van der Waals surface area (Å²) in [6, 6.07) is 7.35. The molecule has 0 aliphatic heterocycles. The highest BCUT2D eigenvalue weighted by Gasteiger charge is 2.20. The summed E-state index contributed by atoms with van der Waals surface area (Å²) in [5, 5.41) is 0. The van der Waals surface area contributed by atoms with Gasteiger partial charge in [-0.15, -0.1) is 0 Å². The Morgan fingerprint density at radius 2 is 1.88 bits per heavy atom. The molecule has 0 aliphatic rings. The van der Waals surface area contributed by atoms with Crippen molar-refractivity contribution >= 4 is 11.6 Å². The van der Waals surface area contributed by atoms with E-state index in [2.05, 4.69) is 0 Å². The van der Waals surface area contributed by atoms with Crippen LogP contribution in [0.4, 0.5) is 5.69 Å². The van der Waals surface area contributed by atoms with E-state index in [0.717, 1.165) is 11.4 Å². The van der Waals surface area contributed by atoms with Gasteiger partial charge in [-0.2, -0.15) is 0 Å². The van der Waals surface area contributed by atoms with Crippen LogP contribution < -0.4 is 15.4 Å². The lowest BCUT2D eigenvalue weighted by Crippen LogP contribution is -2.39. The fourth-order valence-electron chi connectivity index (χ4n) is 1.46. The van der Waals surface area contributed by atoms with Gasteiger partial charge in [0.25, 0.3) is 0 Å². The third-order valence-electron chi connectivity index (χ3n) is 2.44. The van der Waals surface area contributed by atoms with Crippen LogP contribution in [0.15, 0.2) is 24.3 Å². The quantitative estimate of drug-likeness (QED) is 0.867. The van der Waals surface area contributed by atoms with Gasteiger partial charge in [-0.3, -0.25) is 4.79 Å². The van der Waals surface area contributed by atoms with Crippen molar-refractivity contribution in [3.05, 3.63) is 24.3 Å². The Morgan fingerprint density at radius 3 is 2.29 bits per heavy atom. The van der Waals surface area contributed by atoms with E-state index in [-0.39, 0.29) is 5.91 Å². The summed E-state index contributed by atoms with van der Waals surface area (Å²) in [5.41, 5.74) is 6.18. The van der Waals surface area contributed by atoms with E-state index < -0.39 is 5.54 Å². The molecule has 0 aromatic heterocycles. The second kappa shape index (κ2) is 5.19. The lowest BCUT2D eigenvalue weighted by Gasteiger charge is -2.23. The largest absolute Gasteiger partial charge is 0.497 e. The van der Waals surface area contributed by atoms with Gasteiger partial charge in [0.15, 0.2) is 0 Å². The van der Waals surface area contributed by atoms with Crippen molar-refractivity contribution in [2.24, 2.45) is 5.73 Å². The predicted molar refractivity (Wildman–Crippen MR) is 69.3 cm³/mol. The molecule has 4 heteroatoms. The third-order valence-corrected chi connectivity index (χ3v) is 2.44. The van der Waals surface area contributed by atoms with Crippen LogP contribution in [0.2, 0.25) is 0 Å². The standard InChI is InChI=1S/C13H20N2O2/c1-13(2,14)9-12(16)15(3)10-5-7-11(17-4)8-6-10/h5-8H,9,14H2,1-4H3. The van der Waals surface area contributed by atoms with Crippen molar-refractivity contribution in [2.45, 2.75) is 25.8 Å². The maximum Gasteiger partial charge on any atom is 0.228 e. The summed E-state index contributed by atoms with van der Waals surface area (Å²) in [5.74, 6) is 0.774. The van der Waals surface area contributed by atoms with E-state index in [1.807, 2.05) is 38.1 Å². The Balaban J connectivity index is 2.74. The highest BCUT2D eigenvalue weighted by Crippen LogP contribution is 2.19. The van der Waals surface area contributed by atoms with Gasteiger partial charge in [0.05, 0.1) is 7.11 Å². The van der Waals surface area contributed by atoms with Crippen molar-refractivity contribution in [2.75, 3.05) is 19.1 Å². The van der Waals surface area contributed by atoms with Crippen LogP contribution in [-0.2, 0) is 4.79 Å². The molecule has 1 amide bonds. The number of anilines is 1. The first-order valence-corrected chi connectivity index (χ1v) is 5.53. The second-order valence-electron chi connectivity index (χ2n) is 4.82. The summed E-state index contributed by atoms with van der Waals surface area (Å²) in [7, 11) is 3.36. The molecule has 2 N–H and O–H groups in total. The topological polar surface area (TPSA) is 55.6 Å². The molecule has 1 aromatic carbocycles. The molecular formula is C13H20N2O2. The van der Waals surface area contributed by atoms with Gasteiger partial charge in [-0.25, -0.2) is 0 Å². The van der Waals surface area contributed by atoms with E-state index in [4.69, 9.17) is 10.5 Å². The number of nitrogens with zero attached hydrogens (tertiary/aromatic N) is 1. The smallest absolute Gasteiger partial charge is 0.228 e. The van der Waals surface area contributed by atoms with Gasteiger partial charge < -0.3 is 15.4 Å². The molecule has 0 spiro atoms. The Morgan fingerprint density at radius 1 is 1.35 bits per heavy atom. The molecule has 0 saturated carbocycles. The zero-order chi connectivity index (χ0) is 13.1. The molecule has 0 fully saturated rings. The fraction of sp³-hybridized carbons (Fsp3) is 0.462. The second-order valence-corrected chi connectivity index (χ2v) is 4.82. The number of carbonyl (C=O) groups is 1. The Bertz CT molecular complexity index is 379. The maximum absolute atomic E-state index is 11.9. The molecule has 0 radical (unpaired) electrons. The lowest BCUT2D eigenvalue weighted by molar-refractivity contribution is -0.119. The molecule has 1 rings (SSSR count). The van der Waals surface area contributed by atoms with Crippen LogP contribution in [0, 0.1) is 0 Å². The summed E-state index contributed by atoms with van der Waals surface area (Å²) >= 11 is 0. The van der Waals surface area contributed by atoms with Crippen molar-refractivity contribution in [1.82, 2.24) is 0 Å². The van der Waals surface area contributed by atoms with Gasteiger partial charge in [0, 0.05) is 24.7 Å². The van der Waals surface area contributed by atoms with Crippen LogP contribution in [-0.4, -0.2) is 25.6 Å². The molecule has 17 heavy (non-hydrogen) atoms. The van der Waals surface area contributed by atoms with Gasteiger partial charge >= 0.3 is 0 Å². The van der Waals surface area contributed by atoms with E-state index in [0.29, 0.717) is 6.42 Å². The van der Waals surface area contributed by atoms with Gasteiger partial charge in [0.1, 0.15) is 5.75 Å². The van der Waals surface area contributed by atoms with Gasteiger partial charge in [-0.05, 0) is 38.1 Å². The summed E-state index contributed by atoms with van der Waals surface area (Å²) < 4.78 is 5.07. The minimum atomic E-state index is -0.488. The number of benzene rings is 1. The molecule has 0 atom stereocenters. The molecule has 94 valence electrons. The average molecular weight is 236 g/mol. The Hall–Kier alpha value is -1.55. The first-order chi connectivity index (χ1) is 7.83.